The highest BCUT2D eigenvalue weighted by atomic mass is 79.9. The molecule has 0 aliphatic rings. The first-order chi connectivity index (χ1) is 2.00. The van der Waals surface area contributed by atoms with Crippen LogP contribution in [0, 0.1) is 0 Å². The molecule has 3 radical (unpaired) electrons. The van der Waals surface area contributed by atoms with Crippen LogP contribution in [0.3, 0.4) is 0 Å². The summed E-state index contributed by atoms with van der Waals surface area (Å²) in [6, 6.07) is 0. The normalized spacial score (nSPS) is 8.57. The molecule has 0 bridgehead atoms. The largest absolute Gasteiger partial charge is 0.326 e. The van der Waals surface area contributed by atoms with E-state index in [1.165, 1.54) is 0 Å². The molecule has 0 aromatic rings. The molecule has 0 aromatic heterocycles. The number of nitrogens with two attached hydrogens (primary N) is 1. The lowest BCUT2D eigenvalue weighted by Crippen LogP contribution is -2.26. The first-order valence-corrected chi connectivity index (χ1v) is 1.79. The highest BCUT2D eigenvalue weighted by molar-refractivity contribution is 8.93. The number of rotatable bonds is 0. The summed E-state index contributed by atoms with van der Waals surface area (Å²) in [4.78, 5) is 0. The van der Waals surface area contributed by atoms with Gasteiger partial charge in [-0.2, -0.15) is 0 Å². The van der Waals surface area contributed by atoms with Crippen molar-refractivity contribution in [3.63, 3.8) is 0 Å². The zero-order valence-corrected chi connectivity index (χ0v) is 6.78. The SMILES string of the molecule is Br.CC(C)(C)N.[B]. The maximum atomic E-state index is 5.35. The Morgan fingerprint density at radius 3 is 1.14 bits per heavy atom. The lowest BCUT2D eigenvalue weighted by atomic mass is 10.1. The van der Waals surface area contributed by atoms with Crippen LogP contribution in [-0.4, -0.2) is 14.0 Å². The monoisotopic (exact) mass is 164 g/mol. The fourth-order valence-electron chi connectivity index (χ4n) is 0. The molecule has 1 nitrogen and oxygen atoms in total. The third-order valence-corrected chi connectivity index (χ3v) is 0. The molecule has 0 aliphatic heterocycles. The van der Waals surface area contributed by atoms with Crippen molar-refractivity contribution >= 4 is 25.4 Å². The van der Waals surface area contributed by atoms with Crippen LogP contribution in [0.15, 0.2) is 0 Å². The summed E-state index contributed by atoms with van der Waals surface area (Å²) in [6.07, 6.45) is 0. The molecular weight excluding hydrogens is 153 g/mol. The Bertz CT molecular complexity index is 27.2. The Balaban J connectivity index is -0.0000000800. The molecule has 0 spiro atoms. The average Bonchev–Trinajstić information content (AvgIpc) is 0.722. The van der Waals surface area contributed by atoms with Crippen LogP contribution < -0.4 is 5.73 Å². The third-order valence-electron chi connectivity index (χ3n) is 0. The second-order valence-electron chi connectivity index (χ2n) is 2.37. The number of halogens is 1. The van der Waals surface area contributed by atoms with Crippen molar-refractivity contribution in [2.24, 2.45) is 5.73 Å². The molecule has 0 saturated carbocycles. The smallest absolute Gasteiger partial charge is 0.00686 e. The first-order valence-electron chi connectivity index (χ1n) is 1.79. The molecule has 0 fully saturated rings. The summed E-state index contributed by atoms with van der Waals surface area (Å²) in [6.45, 7) is 5.90. The van der Waals surface area contributed by atoms with Gasteiger partial charge in [0.1, 0.15) is 0 Å². The summed E-state index contributed by atoms with van der Waals surface area (Å²) in [5.74, 6) is 0. The van der Waals surface area contributed by atoms with Crippen LogP contribution in [0.1, 0.15) is 20.8 Å². The molecule has 43 valence electrons. The Hall–Kier alpha value is 0.505. The molecule has 0 unspecified atom stereocenters. The lowest BCUT2D eigenvalue weighted by Gasteiger charge is -2.06. The molecular formula is C4H12BBrN. The molecule has 0 aliphatic carbocycles. The first kappa shape index (κ1) is 15.6. The fourth-order valence-corrected chi connectivity index (χ4v) is 0. The molecule has 0 atom stereocenters. The standard InChI is InChI=1S/C4H11N.B.BrH/c1-4(2,3)5;;/h5H2,1-3H3;;1H. The Kier molecular flexibility index (Phi) is 10.4. The van der Waals surface area contributed by atoms with Gasteiger partial charge in [0, 0.05) is 14.0 Å². The summed E-state index contributed by atoms with van der Waals surface area (Å²) in [5.41, 5.74) is 5.35. The van der Waals surface area contributed by atoms with Crippen molar-refractivity contribution in [3.8, 4) is 0 Å². The Labute approximate surface area is 58.0 Å². The van der Waals surface area contributed by atoms with Gasteiger partial charge in [-0.3, -0.25) is 0 Å². The number of hydrogen-bond donors (Lipinski definition) is 1. The molecule has 0 amide bonds. The van der Waals surface area contributed by atoms with Crippen LogP contribution in [0.5, 0.6) is 0 Å². The summed E-state index contributed by atoms with van der Waals surface area (Å²) < 4.78 is 0. The van der Waals surface area contributed by atoms with Crippen molar-refractivity contribution in [3.05, 3.63) is 0 Å². The van der Waals surface area contributed by atoms with Crippen LogP contribution in [0.25, 0.3) is 0 Å². The van der Waals surface area contributed by atoms with Crippen molar-refractivity contribution in [1.29, 1.82) is 0 Å². The van der Waals surface area contributed by atoms with Gasteiger partial charge in [-0.15, -0.1) is 17.0 Å². The van der Waals surface area contributed by atoms with Crippen molar-refractivity contribution in [2.45, 2.75) is 26.3 Å². The van der Waals surface area contributed by atoms with Gasteiger partial charge in [0.05, 0.1) is 0 Å². The second-order valence-corrected chi connectivity index (χ2v) is 2.37. The van der Waals surface area contributed by atoms with Crippen LogP contribution in [-0.2, 0) is 0 Å². The Morgan fingerprint density at radius 1 is 1.14 bits per heavy atom. The quantitative estimate of drug-likeness (QED) is 0.531. The number of hydrogen-bond acceptors (Lipinski definition) is 1. The molecule has 3 heteroatoms. The van der Waals surface area contributed by atoms with Gasteiger partial charge >= 0.3 is 0 Å². The maximum Gasteiger partial charge on any atom is 0.00686 e. The van der Waals surface area contributed by atoms with E-state index >= 15 is 0 Å². The van der Waals surface area contributed by atoms with E-state index in [2.05, 4.69) is 0 Å². The Morgan fingerprint density at radius 2 is 1.14 bits per heavy atom. The van der Waals surface area contributed by atoms with Gasteiger partial charge in [-0.1, -0.05) is 0 Å². The van der Waals surface area contributed by atoms with Gasteiger partial charge < -0.3 is 5.73 Å². The fraction of sp³-hybridized carbons (Fsp3) is 1.00. The molecule has 7 heavy (non-hydrogen) atoms. The van der Waals surface area contributed by atoms with Crippen LogP contribution in [0.2, 0.25) is 0 Å². The van der Waals surface area contributed by atoms with Gasteiger partial charge in [-0.25, -0.2) is 0 Å². The summed E-state index contributed by atoms with van der Waals surface area (Å²) in [5, 5.41) is 0. The van der Waals surface area contributed by atoms with Crippen molar-refractivity contribution < 1.29 is 0 Å². The van der Waals surface area contributed by atoms with Crippen molar-refractivity contribution in [1.82, 2.24) is 0 Å². The summed E-state index contributed by atoms with van der Waals surface area (Å²) >= 11 is 0. The van der Waals surface area contributed by atoms with E-state index in [-0.39, 0.29) is 30.9 Å². The van der Waals surface area contributed by atoms with Crippen molar-refractivity contribution in [2.75, 3.05) is 0 Å². The minimum absolute atomic E-state index is 0. The second kappa shape index (κ2) is 4.66. The van der Waals surface area contributed by atoms with E-state index in [1.807, 2.05) is 20.8 Å². The average molecular weight is 165 g/mol. The third kappa shape index (κ3) is 518. The predicted molar refractivity (Wildman–Crippen MR) is 40.0 cm³/mol. The zero-order chi connectivity index (χ0) is 4.50. The van der Waals surface area contributed by atoms with E-state index in [0.717, 1.165) is 0 Å². The van der Waals surface area contributed by atoms with E-state index < -0.39 is 0 Å². The van der Waals surface area contributed by atoms with Crippen LogP contribution in [0.4, 0.5) is 0 Å². The van der Waals surface area contributed by atoms with Crippen LogP contribution >= 0.6 is 17.0 Å². The molecule has 2 N–H and O–H groups in total. The lowest BCUT2D eigenvalue weighted by molar-refractivity contribution is 0.580. The maximum absolute atomic E-state index is 5.35. The highest BCUT2D eigenvalue weighted by Crippen LogP contribution is 1.88. The van der Waals surface area contributed by atoms with Gasteiger partial charge in [0.15, 0.2) is 0 Å². The minimum Gasteiger partial charge on any atom is -0.326 e. The molecule has 0 saturated heterocycles. The van der Waals surface area contributed by atoms with E-state index in [1.54, 1.807) is 0 Å². The van der Waals surface area contributed by atoms with E-state index in [4.69, 9.17) is 5.73 Å². The van der Waals surface area contributed by atoms with Gasteiger partial charge in [0.25, 0.3) is 0 Å². The zero-order valence-electron chi connectivity index (χ0n) is 5.06. The topological polar surface area (TPSA) is 26.0 Å². The summed E-state index contributed by atoms with van der Waals surface area (Å²) in [7, 11) is 0. The van der Waals surface area contributed by atoms with E-state index in [9.17, 15) is 0 Å². The van der Waals surface area contributed by atoms with Gasteiger partial charge in [-0.05, 0) is 20.8 Å². The van der Waals surface area contributed by atoms with E-state index in [0.29, 0.717) is 0 Å². The minimum atomic E-state index is 0. The molecule has 0 heterocycles. The molecule has 0 rings (SSSR count). The molecule has 0 aromatic carbocycles. The predicted octanol–water partition coefficient (Wildman–Crippen LogP) is 0.941. The highest BCUT2D eigenvalue weighted by Gasteiger charge is 1.95. The van der Waals surface area contributed by atoms with Gasteiger partial charge in [0.2, 0.25) is 0 Å².